The number of nitrogens with one attached hydrogen (secondary N) is 1. The predicted molar refractivity (Wildman–Crippen MR) is 114 cm³/mol. The molecule has 8 nitrogen and oxygen atoms in total. The third-order valence-corrected chi connectivity index (χ3v) is 5.23. The van der Waals surface area contributed by atoms with E-state index in [1.165, 1.54) is 11.5 Å². The number of carbonyl (C=O) groups is 3. The first-order valence-electron chi connectivity index (χ1n) is 9.53. The fraction of sp³-hybridized carbons (Fsp3) is 0.238. The fourth-order valence-electron chi connectivity index (χ4n) is 3.51. The third kappa shape index (κ3) is 3.86. The summed E-state index contributed by atoms with van der Waals surface area (Å²) in [5.41, 5.74) is 1.81. The van der Waals surface area contributed by atoms with Crippen molar-refractivity contribution in [3.8, 4) is 0 Å². The summed E-state index contributed by atoms with van der Waals surface area (Å²) in [6, 6.07) is 13.8. The van der Waals surface area contributed by atoms with Crippen LogP contribution in [0.1, 0.15) is 22.3 Å². The van der Waals surface area contributed by atoms with Crippen LogP contribution >= 0.6 is 11.6 Å². The van der Waals surface area contributed by atoms with E-state index < -0.39 is 0 Å². The van der Waals surface area contributed by atoms with Crippen LogP contribution in [0.2, 0.25) is 5.02 Å². The number of para-hydroxylation sites is 2. The molecule has 154 valence electrons. The quantitative estimate of drug-likeness (QED) is 0.682. The number of benzene rings is 2. The van der Waals surface area contributed by atoms with E-state index >= 15 is 0 Å². The largest absolute Gasteiger partial charge is 0.332 e. The van der Waals surface area contributed by atoms with Crippen molar-refractivity contribution in [1.82, 2.24) is 19.4 Å². The van der Waals surface area contributed by atoms with Gasteiger partial charge in [-0.25, -0.2) is 9.78 Å². The SMILES string of the molecule is CC(=O)n1c(C(=O)N2CCN(C(=O)Nc3cccc(Cl)c3)CC2)nc2ccccc21. The molecular weight excluding hydrogens is 406 g/mol. The van der Waals surface area contributed by atoms with Crippen molar-refractivity contribution in [2.75, 3.05) is 31.5 Å². The maximum absolute atomic E-state index is 13.1. The summed E-state index contributed by atoms with van der Waals surface area (Å²) in [5.74, 6) is -0.497. The Kier molecular flexibility index (Phi) is 5.41. The third-order valence-electron chi connectivity index (χ3n) is 5.00. The molecule has 1 fully saturated rings. The molecule has 9 heteroatoms. The Morgan fingerprint density at radius 1 is 0.967 bits per heavy atom. The number of carbonyl (C=O) groups excluding carboxylic acids is 3. The summed E-state index contributed by atoms with van der Waals surface area (Å²) in [6.07, 6.45) is 0. The number of hydrogen-bond acceptors (Lipinski definition) is 4. The van der Waals surface area contributed by atoms with E-state index in [4.69, 9.17) is 11.6 Å². The molecule has 0 aliphatic carbocycles. The van der Waals surface area contributed by atoms with Crippen LogP contribution in [-0.2, 0) is 0 Å². The number of urea groups is 1. The molecule has 0 bridgehead atoms. The highest BCUT2D eigenvalue weighted by Gasteiger charge is 2.29. The number of piperazine rings is 1. The average Bonchev–Trinajstić information content (AvgIpc) is 3.13. The normalized spacial score (nSPS) is 14.1. The number of aromatic nitrogens is 2. The summed E-state index contributed by atoms with van der Waals surface area (Å²) in [6.45, 7) is 2.85. The number of rotatable bonds is 2. The molecule has 3 aromatic rings. The van der Waals surface area contributed by atoms with E-state index in [0.717, 1.165) is 0 Å². The molecule has 30 heavy (non-hydrogen) atoms. The lowest BCUT2D eigenvalue weighted by atomic mass is 10.3. The molecule has 0 spiro atoms. The number of hydrogen-bond donors (Lipinski definition) is 1. The Hall–Kier alpha value is -3.39. The van der Waals surface area contributed by atoms with E-state index in [2.05, 4.69) is 10.3 Å². The van der Waals surface area contributed by atoms with E-state index in [9.17, 15) is 14.4 Å². The molecule has 4 rings (SSSR count). The molecule has 2 aromatic carbocycles. The van der Waals surface area contributed by atoms with Crippen LogP contribution in [0, 0.1) is 0 Å². The summed E-state index contributed by atoms with van der Waals surface area (Å²) in [4.78, 5) is 45.3. The molecule has 0 radical (unpaired) electrons. The van der Waals surface area contributed by atoms with Gasteiger partial charge >= 0.3 is 6.03 Å². The molecule has 1 aromatic heterocycles. The van der Waals surface area contributed by atoms with Crippen molar-refractivity contribution in [3.05, 3.63) is 59.4 Å². The molecule has 0 atom stereocenters. The van der Waals surface area contributed by atoms with Gasteiger partial charge in [0.1, 0.15) is 0 Å². The number of halogens is 1. The van der Waals surface area contributed by atoms with Crippen LogP contribution in [0.5, 0.6) is 0 Å². The maximum atomic E-state index is 13.1. The molecule has 2 heterocycles. The van der Waals surface area contributed by atoms with E-state index in [0.29, 0.717) is 47.9 Å². The maximum Gasteiger partial charge on any atom is 0.321 e. The fourth-order valence-corrected chi connectivity index (χ4v) is 3.70. The molecule has 1 aliphatic rings. The van der Waals surface area contributed by atoms with Gasteiger partial charge in [-0.2, -0.15) is 0 Å². The second-order valence-electron chi connectivity index (χ2n) is 7.00. The second kappa shape index (κ2) is 8.16. The van der Waals surface area contributed by atoms with Crippen molar-refractivity contribution in [1.29, 1.82) is 0 Å². The number of fused-ring (bicyclic) bond motifs is 1. The Bertz CT molecular complexity index is 1130. The van der Waals surface area contributed by atoms with Gasteiger partial charge in [-0.3, -0.25) is 14.2 Å². The van der Waals surface area contributed by atoms with E-state index in [-0.39, 0.29) is 23.7 Å². The van der Waals surface area contributed by atoms with E-state index in [1.54, 1.807) is 52.3 Å². The highest BCUT2D eigenvalue weighted by Crippen LogP contribution is 2.19. The van der Waals surface area contributed by atoms with Crippen LogP contribution in [0.15, 0.2) is 48.5 Å². The van der Waals surface area contributed by atoms with Gasteiger partial charge in [0.15, 0.2) is 0 Å². The van der Waals surface area contributed by atoms with Gasteiger partial charge in [-0.1, -0.05) is 29.8 Å². The Labute approximate surface area is 178 Å². The number of nitrogens with zero attached hydrogens (tertiary/aromatic N) is 4. The first-order chi connectivity index (χ1) is 14.4. The zero-order valence-electron chi connectivity index (χ0n) is 16.3. The molecular formula is C21H20ClN5O3. The van der Waals surface area contributed by atoms with Crippen LogP contribution in [0.25, 0.3) is 11.0 Å². The van der Waals surface area contributed by atoms with Gasteiger partial charge in [0.25, 0.3) is 5.91 Å². The van der Waals surface area contributed by atoms with Crippen molar-refractivity contribution >= 4 is 46.2 Å². The summed E-state index contributed by atoms with van der Waals surface area (Å²) in [7, 11) is 0. The Morgan fingerprint density at radius 3 is 2.37 bits per heavy atom. The molecule has 1 aliphatic heterocycles. The molecule has 1 saturated heterocycles. The standard InChI is InChI=1S/C21H20ClN5O3/c1-14(28)27-18-8-3-2-7-17(18)24-19(27)20(29)25-9-11-26(12-10-25)21(30)23-16-6-4-5-15(22)13-16/h2-8,13H,9-12H2,1H3,(H,23,30). The van der Waals surface area contributed by atoms with Gasteiger partial charge in [-0.05, 0) is 30.3 Å². The molecule has 0 unspecified atom stereocenters. The lowest BCUT2D eigenvalue weighted by molar-refractivity contribution is 0.0648. The van der Waals surface area contributed by atoms with Gasteiger partial charge < -0.3 is 15.1 Å². The lowest BCUT2D eigenvalue weighted by Crippen LogP contribution is -2.52. The van der Waals surface area contributed by atoms with Crippen molar-refractivity contribution < 1.29 is 14.4 Å². The number of anilines is 1. The zero-order valence-corrected chi connectivity index (χ0v) is 17.1. The number of amides is 3. The minimum Gasteiger partial charge on any atom is -0.332 e. The highest BCUT2D eigenvalue weighted by molar-refractivity contribution is 6.30. The molecule has 3 amide bonds. The van der Waals surface area contributed by atoms with Gasteiger partial charge in [0.2, 0.25) is 11.7 Å². The van der Waals surface area contributed by atoms with Gasteiger partial charge in [0, 0.05) is 43.8 Å². The van der Waals surface area contributed by atoms with Crippen LogP contribution in [0.4, 0.5) is 10.5 Å². The first-order valence-corrected chi connectivity index (χ1v) is 9.91. The Balaban J connectivity index is 1.45. The molecule has 1 N–H and O–H groups in total. The van der Waals surface area contributed by atoms with Gasteiger partial charge in [0.05, 0.1) is 11.0 Å². The van der Waals surface area contributed by atoms with Crippen LogP contribution in [0.3, 0.4) is 0 Å². The second-order valence-corrected chi connectivity index (χ2v) is 7.43. The Morgan fingerprint density at radius 2 is 1.67 bits per heavy atom. The van der Waals surface area contributed by atoms with Crippen LogP contribution < -0.4 is 5.32 Å². The average molecular weight is 426 g/mol. The summed E-state index contributed by atoms with van der Waals surface area (Å²) < 4.78 is 1.34. The van der Waals surface area contributed by atoms with Crippen molar-refractivity contribution in [2.24, 2.45) is 0 Å². The monoisotopic (exact) mass is 425 g/mol. The summed E-state index contributed by atoms with van der Waals surface area (Å²) in [5, 5.41) is 3.35. The van der Waals surface area contributed by atoms with Gasteiger partial charge in [-0.15, -0.1) is 0 Å². The topological polar surface area (TPSA) is 87.5 Å². The summed E-state index contributed by atoms with van der Waals surface area (Å²) >= 11 is 5.95. The van der Waals surface area contributed by atoms with Crippen molar-refractivity contribution in [2.45, 2.75) is 6.92 Å². The lowest BCUT2D eigenvalue weighted by Gasteiger charge is -2.34. The smallest absolute Gasteiger partial charge is 0.321 e. The molecule has 0 saturated carbocycles. The minimum atomic E-state index is -0.323. The minimum absolute atomic E-state index is 0.0977. The first kappa shape index (κ1) is 19.9. The number of imidazole rings is 1. The predicted octanol–water partition coefficient (Wildman–Crippen LogP) is 3.34. The van der Waals surface area contributed by atoms with Crippen molar-refractivity contribution in [3.63, 3.8) is 0 Å². The highest BCUT2D eigenvalue weighted by atomic mass is 35.5. The van der Waals surface area contributed by atoms with Crippen LogP contribution in [-0.4, -0.2) is 63.4 Å². The van der Waals surface area contributed by atoms with E-state index in [1.807, 2.05) is 6.07 Å². The zero-order chi connectivity index (χ0) is 21.3.